The quantitative estimate of drug-likeness (QED) is 0.658. The summed E-state index contributed by atoms with van der Waals surface area (Å²) in [7, 11) is 0. The predicted octanol–water partition coefficient (Wildman–Crippen LogP) is 0.00352. The van der Waals surface area contributed by atoms with Crippen LogP contribution in [0.1, 0.15) is 5.82 Å². The minimum absolute atomic E-state index is 0.113. The van der Waals surface area contributed by atoms with Gasteiger partial charge in [-0.05, 0) is 0 Å². The van der Waals surface area contributed by atoms with Crippen LogP contribution >= 0.6 is 0 Å². The molecule has 0 unspecified atom stereocenters. The molecule has 0 fully saturated rings. The number of hydrogen-bond acceptors (Lipinski definition) is 4. The summed E-state index contributed by atoms with van der Waals surface area (Å²) < 4.78 is 1.27. The fourth-order valence-corrected chi connectivity index (χ4v) is 1.63. The molecule has 15 heavy (non-hydrogen) atoms. The maximum atomic E-state index is 3.97. The molecule has 0 aliphatic carbocycles. The van der Waals surface area contributed by atoms with Crippen molar-refractivity contribution in [1.82, 2.24) is 20.4 Å². The Morgan fingerprint density at radius 3 is 2.13 bits per heavy atom. The molecular formula is C10H9AlN4. The van der Waals surface area contributed by atoms with Crippen LogP contribution in [0.15, 0.2) is 24.3 Å². The van der Waals surface area contributed by atoms with Gasteiger partial charge in [-0.25, -0.2) is 0 Å². The van der Waals surface area contributed by atoms with Crippen molar-refractivity contribution in [2.45, 2.75) is 6.92 Å². The molecule has 2 aromatic rings. The van der Waals surface area contributed by atoms with Crippen LogP contribution in [0.5, 0.6) is 0 Å². The molecule has 0 N–H and O–H groups in total. The van der Waals surface area contributed by atoms with Gasteiger partial charge in [-0.15, -0.1) is 0 Å². The molecule has 0 saturated heterocycles. The standard InChI is InChI=1S/C9H7N4.CH2.Al/c1-7-10-12-9(13-11-7)8-5-3-2-4-6-8;;/h3-6H,1H3;1H2;. The van der Waals surface area contributed by atoms with Crippen molar-refractivity contribution in [1.29, 1.82) is 0 Å². The molecule has 0 atom stereocenters. The first-order valence-corrected chi connectivity index (χ1v) is 5.96. The summed E-state index contributed by atoms with van der Waals surface area (Å²) in [5, 5.41) is 19.6. The van der Waals surface area contributed by atoms with Crippen LogP contribution in [-0.4, -0.2) is 40.6 Å². The van der Waals surface area contributed by atoms with Crippen LogP contribution in [0, 0.1) is 6.92 Å². The molecule has 0 aliphatic rings. The number of aryl methyl sites for hydroxylation is 1. The summed E-state index contributed by atoms with van der Waals surface area (Å²) in [6, 6.07) is 8.03. The van der Waals surface area contributed by atoms with E-state index in [2.05, 4.69) is 25.8 Å². The normalized spacial score (nSPS) is 9.67. The number of hydrogen-bond donors (Lipinski definition) is 0. The average molecular weight is 212 g/mol. The van der Waals surface area contributed by atoms with E-state index in [-0.39, 0.29) is 14.8 Å². The summed E-state index contributed by atoms with van der Waals surface area (Å²) in [6.07, 6.45) is 0. The van der Waals surface area contributed by atoms with E-state index in [4.69, 9.17) is 0 Å². The van der Waals surface area contributed by atoms with Crippen molar-refractivity contribution in [3.05, 3.63) is 30.1 Å². The molecule has 0 spiro atoms. The van der Waals surface area contributed by atoms with Crippen LogP contribution in [0.2, 0.25) is 0 Å². The van der Waals surface area contributed by atoms with Crippen molar-refractivity contribution >= 4 is 24.6 Å². The molecule has 1 aromatic heterocycles. The summed E-state index contributed by atoms with van der Waals surface area (Å²) in [5.41, 5.74) is 0.937. The van der Waals surface area contributed by atoms with Gasteiger partial charge >= 0.3 is 93.4 Å². The van der Waals surface area contributed by atoms with Gasteiger partial charge in [-0.2, -0.15) is 0 Å². The molecular weight excluding hydrogens is 203 g/mol. The van der Waals surface area contributed by atoms with Gasteiger partial charge in [-0.3, -0.25) is 0 Å². The third-order valence-corrected chi connectivity index (χ3v) is 2.84. The molecule has 1 aromatic carbocycles. The van der Waals surface area contributed by atoms with Crippen LogP contribution in [0.25, 0.3) is 11.4 Å². The van der Waals surface area contributed by atoms with Gasteiger partial charge in [0.1, 0.15) is 0 Å². The Bertz CT molecular complexity index is 464. The summed E-state index contributed by atoms with van der Waals surface area (Å²) in [4.78, 5) is 0. The maximum absolute atomic E-state index is 3.97. The van der Waals surface area contributed by atoms with Gasteiger partial charge in [0, 0.05) is 0 Å². The van der Waals surface area contributed by atoms with Crippen molar-refractivity contribution in [3.8, 4) is 11.4 Å². The van der Waals surface area contributed by atoms with Gasteiger partial charge in [-0.1, -0.05) is 0 Å². The molecule has 0 amide bonds. The Morgan fingerprint density at radius 1 is 1.00 bits per heavy atom. The summed E-state index contributed by atoms with van der Waals surface area (Å²) in [6.45, 7) is 1.76. The predicted molar refractivity (Wildman–Crippen MR) is 60.3 cm³/mol. The topological polar surface area (TPSA) is 51.6 Å². The second kappa shape index (κ2) is 4.39. The fourth-order valence-electron chi connectivity index (χ4n) is 1.16. The molecule has 0 radical (unpaired) electrons. The number of nitrogens with zero attached hydrogens (tertiary/aromatic N) is 4. The van der Waals surface area contributed by atoms with Crippen molar-refractivity contribution < 1.29 is 0 Å². The third kappa shape index (κ3) is 2.32. The zero-order valence-corrected chi connectivity index (χ0v) is 9.54. The van der Waals surface area contributed by atoms with Crippen LogP contribution in [0.4, 0.5) is 0 Å². The van der Waals surface area contributed by atoms with Gasteiger partial charge in [0.15, 0.2) is 0 Å². The zero-order valence-electron chi connectivity index (χ0n) is 8.38. The molecule has 0 bridgehead atoms. The molecule has 0 aliphatic heterocycles. The van der Waals surface area contributed by atoms with Crippen molar-refractivity contribution in [3.63, 3.8) is 0 Å². The van der Waals surface area contributed by atoms with E-state index in [1.807, 2.05) is 24.3 Å². The first-order valence-electron chi connectivity index (χ1n) is 4.56. The Hall–Kier alpha value is -1.44. The second-order valence-corrected chi connectivity index (χ2v) is 4.17. The molecule has 1 heterocycles. The first-order chi connectivity index (χ1) is 7.29. The van der Waals surface area contributed by atoms with Crippen LogP contribution in [0.3, 0.4) is 0 Å². The Balaban J connectivity index is 2.37. The van der Waals surface area contributed by atoms with Crippen LogP contribution in [-0.2, 0) is 0 Å². The van der Waals surface area contributed by atoms with E-state index < -0.39 is 0 Å². The van der Waals surface area contributed by atoms with E-state index >= 15 is 0 Å². The van der Waals surface area contributed by atoms with E-state index in [0.29, 0.717) is 11.6 Å². The third-order valence-electron chi connectivity index (χ3n) is 1.98. The Kier molecular flexibility index (Phi) is 2.95. The van der Waals surface area contributed by atoms with E-state index in [9.17, 15) is 0 Å². The Labute approximate surface area is 93.7 Å². The first kappa shape index (κ1) is 10.1. The van der Waals surface area contributed by atoms with Crippen LogP contribution < -0.4 is 4.43 Å². The minimum atomic E-state index is 0.113. The van der Waals surface area contributed by atoms with Gasteiger partial charge < -0.3 is 0 Å². The molecule has 2 rings (SSSR count). The number of aromatic nitrogens is 4. The second-order valence-electron chi connectivity index (χ2n) is 3.10. The van der Waals surface area contributed by atoms with Gasteiger partial charge in [0.2, 0.25) is 0 Å². The fraction of sp³-hybridized carbons (Fsp3) is 0.100. The SMILES string of the molecule is [CH2]=[Al][c]1ccc(-c2nnc(C)nn2)cc1. The molecule has 5 heteroatoms. The zero-order chi connectivity index (χ0) is 10.7. The van der Waals surface area contributed by atoms with Crippen molar-refractivity contribution in [2.75, 3.05) is 0 Å². The van der Waals surface area contributed by atoms with E-state index in [1.54, 1.807) is 6.92 Å². The van der Waals surface area contributed by atoms with Gasteiger partial charge in [0.05, 0.1) is 0 Å². The van der Waals surface area contributed by atoms with E-state index in [1.165, 1.54) is 4.43 Å². The molecule has 0 saturated carbocycles. The molecule has 72 valence electrons. The summed E-state index contributed by atoms with van der Waals surface area (Å²) >= 11 is 0.113. The average Bonchev–Trinajstić information content (AvgIpc) is 2.30. The van der Waals surface area contributed by atoms with Gasteiger partial charge in [0.25, 0.3) is 0 Å². The Morgan fingerprint density at radius 2 is 1.60 bits per heavy atom. The van der Waals surface area contributed by atoms with E-state index in [0.717, 1.165) is 5.56 Å². The van der Waals surface area contributed by atoms with Crippen molar-refractivity contribution in [2.24, 2.45) is 0 Å². The number of benzene rings is 1. The summed E-state index contributed by atoms with van der Waals surface area (Å²) in [5.74, 6) is 1.14. The monoisotopic (exact) mass is 212 g/mol. The molecule has 4 nitrogen and oxygen atoms in total. The number of rotatable bonds is 2.